The third-order valence-electron chi connectivity index (χ3n) is 5.05. The largest absolute Gasteiger partial charge is 0.386 e. The number of nitrogens with two attached hydrogens (primary N) is 1. The molecule has 2 saturated heterocycles. The summed E-state index contributed by atoms with van der Waals surface area (Å²) in [5, 5.41) is 14.0. The molecular formula is C18H19N6O6PS2. The first kappa shape index (κ1) is 22.6. The molecule has 0 aliphatic carbocycles. The van der Waals surface area contributed by atoms with Gasteiger partial charge in [0.2, 0.25) is 19.4 Å². The molecule has 33 heavy (non-hydrogen) atoms. The van der Waals surface area contributed by atoms with Crippen LogP contribution in [0.4, 0.5) is 11.6 Å². The van der Waals surface area contributed by atoms with E-state index in [0.29, 0.717) is 5.69 Å². The molecule has 0 radical (unpaired) electrons. The quantitative estimate of drug-likeness (QED) is 0.192. The fraction of sp³-hybridized carbons (Fsp3) is 0.333. The summed E-state index contributed by atoms with van der Waals surface area (Å²) in [6.07, 6.45) is -3.33. The summed E-state index contributed by atoms with van der Waals surface area (Å²) in [7, 11) is -1.44. The molecule has 4 heterocycles. The van der Waals surface area contributed by atoms with Gasteiger partial charge in [0.15, 0.2) is 22.5 Å². The maximum Gasteiger partial charge on any atom is 0.280 e. The number of thiol groups is 1. The number of rotatable bonds is 5. The Morgan fingerprint density at radius 3 is 2.97 bits per heavy atom. The number of amides is 1. The molecule has 2 fully saturated rings. The van der Waals surface area contributed by atoms with Crippen molar-refractivity contribution >= 4 is 60.3 Å². The minimum atomic E-state index is -1.44. The monoisotopic (exact) mass is 510 g/mol. The molecule has 2 aliphatic heterocycles. The number of nitrogens with one attached hydrogen (secondary N) is 2. The minimum absolute atomic E-state index is 0.00875. The van der Waals surface area contributed by atoms with E-state index in [9.17, 15) is 14.7 Å². The summed E-state index contributed by atoms with van der Waals surface area (Å²) in [4.78, 5) is 35.9. The van der Waals surface area contributed by atoms with Crippen molar-refractivity contribution in [1.29, 1.82) is 0 Å². The number of aliphatic hydroxyl groups excluding tert-OH is 1. The zero-order valence-corrected chi connectivity index (χ0v) is 19.4. The molecule has 15 heteroatoms. The summed E-state index contributed by atoms with van der Waals surface area (Å²) in [6, 6.07) is 9.01. The third-order valence-corrected chi connectivity index (χ3v) is 7.43. The molecule has 1 aromatic carbocycles. The van der Waals surface area contributed by atoms with Crippen molar-refractivity contribution in [3.05, 3.63) is 40.7 Å². The Labute approximate surface area is 197 Å². The van der Waals surface area contributed by atoms with Gasteiger partial charge >= 0.3 is 0 Å². The van der Waals surface area contributed by atoms with Crippen LogP contribution in [0.15, 0.2) is 40.3 Å². The molecule has 5 N–H and O–H groups in total. The second-order valence-electron chi connectivity index (χ2n) is 7.25. The van der Waals surface area contributed by atoms with Crippen molar-refractivity contribution in [1.82, 2.24) is 19.5 Å². The SMILES string of the molecule is Nc1nc2c(nc(SCC(=O)Nc3ccccc3)n2[C@@H]2OC3COP(S)O[C@H]3C2O)c(=O)[nH]1. The number of anilines is 2. The molecule has 1 amide bonds. The van der Waals surface area contributed by atoms with E-state index >= 15 is 0 Å². The van der Waals surface area contributed by atoms with Crippen molar-refractivity contribution in [3.8, 4) is 0 Å². The lowest BCUT2D eigenvalue weighted by molar-refractivity contribution is -0.113. The smallest absolute Gasteiger partial charge is 0.280 e. The first-order valence-electron chi connectivity index (χ1n) is 9.78. The van der Waals surface area contributed by atoms with E-state index < -0.39 is 37.7 Å². The van der Waals surface area contributed by atoms with Crippen LogP contribution in [0.1, 0.15) is 6.23 Å². The van der Waals surface area contributed by atoms with Gasteiger partial charge in [-0.3, -0.25) is 19.1 Å². The van der Waals surface area contributed by atoms with Crippen molar-refractivity contribution in [2.45, 2.75) is 29.7 Å². The molecule has 5 atom stereocenters. The van der Waals surface area contributed by atoms with Crippen LogP contribution >= 0.6 is 31.6 Å². The molecule has 12 nitrogen and oxygen atoms in total. The number of hydrogen-bond donors (Lipinski definition) is 5. The van der Waals surface area contributed by atoms with Crippen LogP contribution in [0.25, 0.3) is 11.2 Å². The van der Waals surface area contributed by atoms with Gasteiger partial charge in [-0.05, 0) is 12.1 Å². The van der Waals surface area contributed by atoms with Gasteiger partial charge in [0.1, 0.15) is 18.3 Å². The Bertz CT molecular complexity index is 1240. The summed E-state index contributed by atoms with van der Waals surface area (Å²) in [5.41, 5.74) is 5.99. The van der Waals surface area contributed by atoms with Crippen molar-refractivity contribution in [2.24, 2.45) is 0 Å². The highest BCUT2D eigenvalue weighted by Crippen LogP contribution is 2.52. The Balaban J connectivity index is 1.46. The Morgan fingerprint density at radius 2 is 2.18 bits per heavy atom. The molecular weight excluding hydrogens is 491 g/mol. The summed E-state index contributed by atoms with van der Waals surface area (Å²) in [6.45, 7) is 0.193. The number of imidazole rings is 1. The predicted octanol–water partition coefficient (Wildman–Crippen LogP) is 1.26. The van der Waals surface area contributed by atoms with Crippen molar-refractivity contribution in [3.63, 3.8) is 0 Å². The number of aromatic nitrogens is 4. The van der Waals surface area contributed by atoms with E-state index in [-0.39, 0.29) is 40.5 Å². The van der Waals surface area contributed by atoms with E-state index in [1.54, 1.807) is 12.1 Å². The molecule has 0 saturated carbocycles. The summed E-state index contributed by atoms with van der Waals surface area (Å²) in [5.74, 6) is -0.399. The van der Waals surface area contributed by atoms with Gasteiger partial charge in [-0.2, -0.15) is 4.98 Å². The van der Waals surface area contributed by atoms with Gasteiger partial charge in [-0.1, -0.05) is 42.2 Å². The Kier molecular flexibility index (Phi) is 6.31. The zero-order valence-electron chi connectivity index (χ0n) is 16.8. The van der Waals surface area contributed by atoms with Gasteiger partial charge < -0.3 is 29.9 Å². The Morgan fingerprint density at radius 1 is 1.39 bits per heavy atom. The number of benzene rings is 1. The number of fused-ring (bicyclic) bond motifs is 2. The highest BCUT2D eigenvalue weighted by Gasteiger charge is 2.50. The topological polar surface area (TPSA) is 167 Å². The molecule has 0 spiro atoms. The van der Waals surface area contributed by atoms with Crippen LogP contribution in [0.2, 0.25) is 0 Å². The highest BCUT2D eigenvalue weighted by atomic mass is 32.7. The van der Waals surface area contributed by atoms with Gasteiger partial charge in [0.25, 0.3) is 5.56 Å². The number of aliphatic hydroxyl groups is 1. The number of nitrogen functional groups attached to an aromatic ring is 1. The van der Waals surface area contributed by atoms with Gasteiger partial charge in [-0.15, -0.1) is 0 Å². The standard InChI is InChI=1S/C18H19N6O6PS2/c19-17-22-14-11(15(27)23-17)21-18(33-7-10(25)20-8-4-2-1-3-5-8)24(14)16-12(26)13-9(29-16)6-28-31(32)30-13/h1-5,9,12-13,16,26,32H,6-7H2,(H,20,25)(H3,19,22,23,27)/t9?,12?,13-,16-,31?/m1/s1. The van der Waals surface area contributed by atoms with Crippen LogP contribution in [-0.4, -0.2) is 61.2 Å². The lowest BCUT2D eigenvalue weighted by Crippen LogP contribution is -2.37. The number of nitrogens with zero attached hydrogens (tertiary/aromatic N) is 3. The first-order chi connectivity index (χ1) is 15.9. The number of carbonyl (C=O) groups excluding carboxylic acids is 1. The number of hydrogen-bond acceptors (Lipinski definition) is 11. The van der Waals surface area contributed by atoms with Crippen molar-refractivity contribution in [2.75, 3.05) is 23.4 Å². The average molecular weight is 510 g/mol. The fourth-order valence-electron chi connectivity index (χ4n) is 3.63. The highest BCUT2D eigenvalue weighted by molar-refractivity contribution is 8.41. The van der Waals surface area contributed by atoms with E-state index in [1.165, 1.54) is 4.57 Å². The van der Waals surface area contributed by atoms with Crippen LogP contribution in [-0.2, 0) is 18.6 Å². The van der Waals surface area contributed by atoms with Gasteiger partial charge in [0.05, 0.1) is 12.4 Å². The van der Waals surface area contributed by atoms with Crippen molar-refractivity contribution < 1.29 is 23.7 Å². The third kappa shape index (κ3) is 4.47. The van der Waals surface area contributed by atoms with E-state index in [4.69, 9.17) is 19.5 Å². The average Bonchev–Trinajstić information content (AvgIpc) is 3.30. The fourth-order valence-corrected chi connectivity index (χ4v) is 5.78. The molecule has 174 valence electrons. The maximum atomic E-state index is 12.5. The number of H-pyrrole nitrogens is 1. The van der Waals surface area contributed by atoms with E-state index in [0.717, 1.165) is 11.8 Å². The van der Waals surface area contributed by atoms with Crippen LogP contribution in [0.3, 0.4) is 0 Å². The molecule has 2 aromatic heterocycles. The molecule has 3 aromatic rings. The number of thioether (sulfide) groups is 1. The molecule has 2 aliphatic rings. The maximum absolute atomic E-state index is 12.5. The lowest BCUT2D eigenvalue weighted by Gasteiger charge is -2.28. The predicted molar refractivity (Wildman–Crippen MR) is 125 cm³/mol. The summed E-state index contributed by atoms with van der Waals surface area (Å²) < 4.78 is 18.5. The van der Waals surface area contributed by atoms with Crippen LogP contribution < -0.4 is 16.6 Å². The number of para-hydroxylation sites is 1. The van der Waals surface area contributed by atoms with Crippen LogP contribution in [0.5, 0.6) is 0 Å². The second-order valence-corrected chi connectivity index (χ2v) is 10.1. The Hall–Kier alpha value is -2.19. The molecule has 5 rings (SSSR count). The van der Waals surface area contributed by atoms with Gasteiger partial charge in [0, 0.05) is 5.69 Å². The minimum Gasteiger partial charge on any atom is -0.386 e. The number of ether oxygens (including phenoxy) is 1. The molecule has 3 unspecified atom stereocenters. The van der Waals surface area contributed by atoms with E-state index in [1.807, 2.05) is 18.2 Å². The number of aromatic amines is 1. The van der Waals surface area contributed by atoms with Crippen LogP contribution in [0, 0.1) is 0 Å². The number of carbonyl (C=O) groups is 1. The first-order valence-corrected chi connectivity index (χ1v) is 13.1. The normalized spacial score (nSPS) is 26.9. The zero-order chi connectivity index (χ0) is 23.1. The second kappa shape index (κ2) is 9.22. The van der Waals surface area contributed by atoms with Gasteiger partial charge in [-0.25, -0.2) is 4.98 Å². The molecule has 0 bridgehead atoms. The lowest BCUT2D eigenvalue weighted by atomic mass is 10.1. The summed E-state index contributed by atoms with van der Waals surface area (Å²) >= 11 is 5.27. The van der Waals surface area contributed by atoms with E-state index in [2.05, 4.69) is 32.5 Å².